The van der Waals surface area contributed by atoms with Gasteiger partial charge in [0.05, 0.1) is 5.69 Å². The van der Waals surface area contributed by atoms with E-state index in [1.165, 1.54) is 16.3 Å². The minimum absolute atomic E-state index is 0.475. The van der Waals surface area contributed by atoms with Gasteiger partial charge in [-0.2, -0.15) is 5.10 Å². The van der Waals surface area contributed by atoms with E-state index < -0.39 is 0 Å². The molecular weight excluding hydrogens is 296 g/mol. The van der Waals surface area contributed by atoms with Gasteiger partial charge < -0.3 is 10.2 Å². The molecule has 1 N–H and O–H groups in total. The molecule has 2 heterocycles. The summed E-state index contributed by atoms with van der Waals surface area (Å²) in [6.45, 7) is 5.15. The first-order chi connectivity index (χ1) is 11.8. The molecule has 0 bridgehead atoms. The van der Waals surface area contributed by atoms with E-state index in [0.717, 1.165) is 37.6 Å². The van der Waals surface area contributed by atoms with Gasteiger partial charge in [-0.25, -0.2) is 0 Å². The lowest BCUT2D eigenvalue weighted by atomic mass is 10.0. The molecule has 4 heteroatoms. The molecule has 4 nitrogen and oxygen atoms in total. The number of piperazine rings is 1. The number of hydrogen-bond acceptors (Lipinski definition) is 4. The van der Waals surface area contributed by atoms with Gasteiger partial charge in [0.15, 0.2) is 5.82 Å². The number of nitrogens with one attached hydrogen (secondary N) is 1. The first-order valence-electron chi connectivity index (χ1n) is 8.58. The third kappa shape index (κ3) is 2.97. The van der Waals surface area contributed by atoms with Crippen LogP contribution in [0.2, 0.25) is 0 Å². The summed E-state index contributed by atoms with van der Waals surface area (Å²) in [5, 5.41) is 15.1. The quantitative estimate of drug-likeness (QED) is 0.806. The number of fused-ring (bicyclic) bond motifs is 1. The summed E-state index contributed by atoms with van der Waals surface area (Å²) in [5.74, 6) is 1.01. The van der Waals surface area contributed by atoms with Crippen molar-refractivity contribution >= 4 is 16.6 Å². The Hall–Kier alpha value is -2.46. The van der Waals surface area contributed by atoms with Gasteiger partial charge in [0.1, 0.15) is 0 Å². The summed E-state index contributed by atoms with van der Waals surface area (Å²) in [6, 6.07) is 19.4. The summed E-state index contributed by atoms with van der Waals surface area (Å²) in [7, 11) is 0. The van der Waals surface area contributed by atoms with Crippen molar-refractivity contribution in [3.05, 3.63) is 65.9 Å². The molecule has 4 rings (SSSR count). The van der Waals surface area contributed by atoms with Crippen LogP contribution in [0.3, 0.4) is 0 Å². The van der Waals surface area contributed by atoms with Crippen molar-refractivity contribution in [3.63, 3.8) is 0 Å². The Labute approximate surface area is 142 Å². The van der Waals surface area contributed by atoms with Crippen LogP contribution in [-0.4, -0.2) is 35.9 Å². The molecule has 3 aromatic rings. The Morgan fingerprint density at radius 2 is 1.75 bits per heavy atom. The number of nitrogens with zero attached hydrogens (tertiary/aromatic N) is 3. The van der Waals surface area contributed by atoms with Gasteiger partial charge in [0, 0.05) is 42.9 Å². The number of benzene rings is 2. The molecule has 24 heavy (non-hydrogen) atoms. The van der Waals surface area contributed by atoms with Crippen LogP contribution in [0.4, 0.5) is 5.82 Å². The van der Waals surface area contributed by atoms with Gasteiger partial charge >= 0.3 is 0 Å². The molecule has 122 valence electrons. The van der Waals surface area contributed by atoms with Gasteiger partial charge in [-0.1, -0.05) is 54.6 Å². The smallest absolute Gasteiger partial charge is 0.159 e. The maximum absolute atomic E-state index is 4.61. The van der Waals surface area contributed by atoms with Crippen LogP contribution in [0.1, 0.15) is 18.2 Å². The molecule has 1 aliphatic rings. The average Bonchev–Trinajstić information content (AvgIpc) is 2.63. The molecule has 1 fully saturated rings. The Morgan fingerprint density at radius 3 is 2.54 bits per heavy atom. The highest BCUT2D eigenvalue weighted by atomic mass is 15.3. The van der Waals surface area contributed by atoms with E-state index in [9.17, 15) is 0 Å². The highest BCUT2D eigenvalue weighted by molar-refractivity contribution is 5.93. The van der Waals surface area contributed by atoms with Crippen LogP contribution in [0.25, 0.3) is 10.8 Å². The SMILES string of the molecule is CC1CN(c2nnc(Cc3ccccc3)c3ccccc23)CCN1. The Kier molecular flexibility index (Phi) is 4.13. The molecule has 0 aliphatic carbocycles. The van der Waals surface area contributed by atoms with Crippen molar-refractivity contribution in [2.75, 3.05) is 24.5 Å². The van der Waals surface area contributed by atoms with Gasteiger partial charge in [-0.15, -0.1) is 5.10 Å². The molecule has 2 aromatic carbocycles. The second-order valence-electron chi connectivity index (χ2n) is 6.48. The van der Waals surface area contributed by atoms with E-state index in [0.29, 0.717) is 6.04 Å². The van der Waals surface area contributed by atoms with Gasteiger partial charge in [0.25, 0.3) is 0 Å². The lowest BCUT2D eigenvalue weighted by molar-refractivity contribution is 0.482. The fraction of sp³-hybridized carbons (Fsp3) is 0.300. The van der Waals surface area contributed by atoms with E-state index in [1.807, 2.05) is 6.07 Å². The van der Waals surface area contributed by atoms with Crippen molar-refractivity contribution in [2.45, 2.75) is 19.4 Å². The number of anilines is 1. The van der Waals surface area contributed by atoms with Crippen molar-refractivity contribution in [1.82, 2.24) is 15.5 Å². The topological polar surface area (TPSA) is 41.1 Å². The maximum Gasteiger partial charge on any atom is 0.159 e. The largest absolute Gasteiger partial charge is 0.352 e. The minimum atomic E-state index is 0.475. The predicted octanol–water partition coefficient (Wildman–Crippen LogP) is 3.02. The van der Waals surface area contributed by atoms with E-state index in [2.05, 4.69) is 75.9 Å². The third-order valence-corrected chi connectivity index (χ3v) is 4.63. The van der Waals surface area contributed by atoms with Crippen molar-refractivity contribution in [1.29, 1.82) is 0 Å². The van der Waals surface area contributed by atoms with Crippen LogP contribution in [0.15, 0.2) is 54.6 Å². The van der Waals surface area contributed by atoms with E-state index >= 15 is 0 Å². The average molecular weight is 318 g/mol. The summed E-state index contributed by atoms with van der Waals surface area (Å²) in [6.07, 6.45) is 0.812. The first kappa shape index (κ1) is 15.1. The van der Waals surface area contributed by atoms with Crippen LogP contribution >= 0.6 is 0 Å². The summed E-state index contributed by atoms with van der Waals surface area (Å²) in [5.41, 5.74) is 2.31. The second-order valence-corrected chi connectivity index (χ2v) is 6.48. The van der Waals surface area contributed by atoms with E-state index in [1.54, 1.807) is 0 Å². The second kappa shape index (κ2) is 6.57. The molecule has 1 atom stereocenters. The molecule has 1 aliphatic heterocycles. The standard InChI is InChI=1S/C20H22N4/c1-15-14-24(12-11-21-15)20-18-10-6-5-9-17(18)19(22-23-20)13-16-7-3-2-4-8-16/h2-10,15,21H,11-14H2,1H3. The predicted molar refractivity (Wildman–Crippen MR) is 98.5 cm³/mol. The van der Waals surface area contributed by atoms with Crippen LogP contribution < -0.4 is 10.2 Å². The van der Waals surface area contributed by atoms with Gasteiger partial charge in [-0.3, -0.25) is 0 Å². The monoisotopic (exact) mass is 318 g/mol. The molecule has 0 saturated carbocycles. The van der Waals surface area contributed by atoms with Gasteiger partial charge in [-0.05, 0) is 12.5 Å². The minimum Gasteiger partial charge on any atom is -0.352 e. The lowest BCUT2D eigenvalue weighted by Crippen LogP contribution is -2.49. The molecule has 0 amide bonds. The van der Waals surface area contributed by atoms with Crippen molar-refractivity contribution in [2.24, 2.45) is 0 Å². The van der Waals surface area contributed by atoms with E-state index in [4.69, 9.17) is 0 Å². The van der Waals surface area contributed by atoms with E-state index in [-0.39, 0.29) is 0 Å². The maximum atomic E-state index is 4.61. The Bertz CT molecular complexity index is 831. The van der Waals surface area contributed by atoms with Crippen molar-refractivity contribution < 1.29 is 0 Å². The fourth-order valence-electron chi connectivity index (χ4n) is 3.42. The van der Waals surface area contributed by atoms with Crippen LogP contribution in [-0.2, 0) is 6.42 Å². The molecular formula is C20H22N4. The fourth-order valence-corrected chi connectivity index (χ4v) is 3.42. The third-order valence-electron chi connectivity index (χ3n) is 4.63. The first-order valence-corrected chi connectivity index (χ1v) is 8.58. The molecule has 0 spiro atoms. The number of rotatable bonds is 3. The lowest BCUT2D eigenvalue weighted by Gasteiger charge is -2.33. The van der Waals surface area contributed by atoms with Crippen LogP contribution in [0.5, 0.6) is 0 Å². The number of aromatic nitrogens is 2. The molecule has 1 saturated heterocycles. The van der Waals surface area contributed by atoms with Crippen molar-refractivity contribution in [3.8, 4) is 0 Å². The zero-order valence-corrected chi connectivity index (χ0v) is 13.9. The molecule has 0 radical (unpaired) electrons. The summed E-state index contributed by atoms with van der Waals surface area (Å²) < 4.78 is 0. The number of hydrogen-bond donors (Lipinski definition) is 1. The highest BCUT2D eigenvalue weighted by Gasteiger charge is 2.20. The summed E-state index contributed by atoms with van der Waals surface area (Å²) >= 11 is 0. The van der Waals surface area contributed by atoms with Crippen LogP contribution in [0, 0.1) is 0 Å². The Balaban J connectivity index is 1.74. The zero-order valence-electron chi connectivity index (χ0n) is 13.9. The molecule has 1 aromatic heterocycles. The Morgan fingerprint density at radius 1 is 1.00 bits per heavy atom. The zero-order chi connectivity index (χ0) is 16.4. The molecule has 1 unspecified atom stereocenters. The van der Waals surface area contributed by atoms with Gasteiger partial charge in [0.2, 0.25) is 0 Å². The summed E-state index contributed by atoms with van der Waals surface area (Å²) in [4.78, 5) is 2.35. The highest BCUT2D eigenvalue weighted by Crippen LogP contribution is 2.27. The normalized spacial score (nSPS) is 18.0.